The van der Waals surface area contributed by atoms with Gasteiger partial charge in [-0.15, -0.1) is 0 Å². The molecule has 0 bridgehead atoms. The standard InChI is InChI=1S/C22H24N2O5/c1-14-8-9-19(28-3)18(10-14)24-12-16(11-21(24)26)22(27)29-13-20(25)23-17-7-5-4-6-15(17)2/h4-10,16H,11-13H2,1-3H3,(H,23,25)/t16-/m1/s1. The van der Waals surface area contributed by atoms with Gasteiger partial charge in [0.1, 0.15) is 5.75 Å². The Morgan fingerprint density at radius 2 is 1.93 bits per heavy atom. The minimum atomic E-state index is -0.626. The number of aryl methyl sites for hydroxylation is 2. The van der Waals surface area contributed by atoms with E-state index < -0.39 is 24.4 Å². The zero-order chi connectivity index (χ0) is 21.0. The number of para-hydroxylation sites is 1. The Labute approximate surface area is 169 Å². The third-order valence-corrected chi connectivity index (χ3v) is 4.85. The van der Waals surface area contributed by atoms with Crippen LogP contribution in [-0.4, -0.2) is 38.0 Å². The molecule has 1 saturated heterocycles. The van der Waals surface area contributed by atoms with E-state index >= 15 is 0 Å². The van der Waals surface area contributed by atoms with Crippen LogP contribution in [0.25, 0.3) is 0 Å². The van der Waals surface area contributed by atoms with Gasteiger partial charge in [0.2, 0.25) is 5.91 Å². The summed E-state index contributed by atoms with van der Waals surface area (Å²) in [6, 6.07) is 12.9. The molecular formula is C22H24N2O5. The summed E-state index contributed by atoms with van der Waals surface area (Å²) in [4.78, 5) is 38.5. The molecule has 1 aliphatic heterocycles. The summed E-state index contributed by atoms with van der Waals surface area (Å²) in [5, 5.41) is 2.71. The predicted octanol–water partition coefficient (Wildman–Crippen LogP) is 2.85. The van der Waals surface area contributed by atoms with E-state index in [2.05, 4.69) is 5.32 Å². The van der Waals surface area contributed by atoms with Gasteiger partial charge in [-0.1, -0.05) is 24.3 Å². The first-order valence-electron chi connectivity index (χ1n) is 9.36. The second-order valence-electron chi connectivity index (χ2n) is 7.05. The second-order valence-corrected chi connectivity index (χ2v) is 7.05. The molecule has 7 heteroatoms. The molecule has 0 aliphatic carbocycles. The summed E-state index contributed by atoms with van der Waals surface area (Å²) < 4.78 is 10.5. The van der Waals surface area contributed by atoms with Crippen molar-refractivity contribution in [1.82, 2.24) is 0 Å². The van der Waals surface area contributed by atoms with Crippen molar-refractivity contribution < 1.29 is 23.9 Å². The van der Waals surface area contributed by atoms with E-state index in [1.165, 1.54) is 12.0 Å². The lowest BCUT2D eigenvalue weighted by molar-refractivity contribution is -0.151. The van der Waals surface area contributed by atoms with E-state index in [9.17, 15) is 14.4 Å². The SMILES string of the molecule is COc1ccc(C)cc1N1C[C@H](C(=O)OCC(=O)Nc2ccccc2C)CC1=O. The number of carbonyl (C=O) groups is 3. The van der Waals surface area contributed by atoms with Crippen LogP contribution in [0.15, 0.2) is 42.5 Å². The van der Waals surface area contributed by atoms with Crippen LogP contribution in [-0.2, 0) is 19.1 Å². The predicted molar refractivity (Wildman–Crippen MR) is 109 cm³/mol. The summed E-state index contributed by atoms with van der Waals surface area (Å²) in [6.45, 7) is 3.59. The topological polar surface area (TPSA) is 84.9 Å². The second kappa shape index (κ2) is 8.77. The first-order chi connectivity index (χ1) is 13.9. The molecule has 1 N–H and O–H groups in total. The molecule has 1 atom stereocenters. The minimum absolute atomic E-state index is 0.0370. The molecule has 1 heterocycles. The Kier molecular flexibility index (Phi) is 6.16. The van der Waals surface area contributed by atoms with Crippen LogP contribution in [0.3, 0.4) is 0 Å². The van der Waals surface area contributed by atoms with Gasteiger partial charge in [-0.2, -0.15) is 0 Å². The number of hydrogen-bond acceptors (Lipinski definition) is 5. The van der Waals surface area contributed by atoms with Crippen molar-refractivity contribution in [3.05, 3.63) is 53.6 Å². The average Bonchev–Trinajstić information content (AvgIpc) is 3.09. The van der Waals surface area contributed by atoms with Crippen LogP contribution in [0.2, 0.25) is 0 Å². The quantitative estimate of drug-likeness (QED) is 0.759. The lowest BCUT2D eigenvalue weighted by Gasteiger charge is -2.20. The van der Waals surface area contributed by atoms with Crippen molar-refractivity contribution in [3.8, 4) is 5.75 Å². The number of hydrogen-bond donors (Lipinski definition) is 1. The molecule has 2 aromatic rings. The van der Waals surface area contributed by atoms with E-state index in [4.69, 9.17) is 9.47 Å². The zero-order valence-corrected chi connectivity index (χ0v) is 16.7. The molecule has 1 aliphatic rings. The first kappa shape index (κ1) is 20.4. The van der Waals surface area contributed by atoms with Crippen LogP contribution in [0.4, 0.5) is 11.4 Å². The molecule has 7 nitrogen and oxygen atoms in total. The minimum Gasteiger partial charge on any atom is -0.495 e. The third-order valence-electron chi connectivity index (χ3n) is 4.85. The number of nitrogens with one attached hydrogen (secondary N) is 1. The highest BCUT2D eigenvalue weighted by Gasteiger charge is 2.37. The van der Waals surface area contributed by atoms with Gasteiger partial charge in [0.15, 0.2) is 6.61 Å². The summed E-state index contributed by atoms with van der Waals surface area (Å²) in [5.74, 6) is -1.23. The van der Waals surface area contributed by atoms with Gasteiger partial charge in [0, 0.05) is 18.7 Å². The average molecular weight is 396 g/mol. The van der Waals surface area contributed by atoms with Gasteiger partial charge < -0.3 is 19.7 Å². The maximum Gasteiger partial charge on any atom is 0.311 e. The number of benzene rings is 2. The maximum absolute atomic E-state index is 12.5. The normalized spacial score (nSPS) is 15.9. The van der Waals surface area contributed by atoms with Crippen LogP contribution >= 0.6 is 0 Å². The van der Waals surface area contributed by atoms with Gasteiger partial charge in [0.05, 0.1) is 18.7 Å². The molecule has 2 aromatic carbocycles. The number of rotatable bonds is 6. The molecule has 0 radical (unpaired) electrons. The van der Waals surface area contributed by atoms with Crippen molar-refractivity contribution in [2.45, 2.75) is 20.3 Å². The van der Waals surface area contributed by atoms with Gasteiger partial charge >= 0.3 is 5.97 Å². The fourth-order valence-electron chi connectivity index (χ4n) is 3.26. The van der Waals surface area contributed by atoms with Crippen molar-refractivity contribution in [1.29, 1.82) is 0 Å². The smallest absolute Gasteiger partial charge is 0.311 e. The van der Waals surface area contributed by atoms with Crippen LogP contribution < -0.4 is 15.0 Å². The summed E-state index contributed by atoms with van der Waals surface area (Å²) in [6.07, 6.45) is 0.0370. The van der Waals surface area contributed by atoms with E-state index in [1.54, 1.807) is 12.1 Å². The van der Waals surface area contributed by atoms with Gasteiger partial charge in [-0.3, -0.25) is 14.4 Å². The first-order valence-corrected chi connectivity index (χ1v) is 9.36. The lowest BCUT2D eigenvalue weighted by Crippen LogP contribution is -2.28. The molecule has 2 amide bonds. The van der Waals surface area contributed by atoms with Crippen molar-refractivity contribution in [2.75, 3.05) is 30.5 Å². The van der Waals surface area contributed by atoms with Gasteiger partial charge in [-0.25, -0.2) is 0 Å². The summed E-state index contributed by atoms with van der Waals surface area (Å²) in [7, 11) is 1.54. The van der Waals surface area contributed by atoms with Crippen molar-refractivity contribution >= 4 is 29.2 Å². The van der Waals surface area contributed by atoms with Crippen LogP contribution in [0.1, 0.15) is 17.5 Å². The number of carbonyl (C=O) groups excluding carboxylic acids is 3. The molecule has 29 heavy (non-hydrogen) atoms. The Morgan fingerprint density at radius 3 is 2.66 bits per heavy atom. The largest absolute Gasteiger partial charge is 0.495 e. The van der Waals surface area contributed by atoms with Crippen molar-refractivity contribution in [2.24, 2.45) is 5.92 Å². The van der Waals surface area contributed by atoms with Crippen molar-refractivity contribution in [3.63, 3.8) is 0 Å². The molecule has 0 saturated carbocycles. The Balaban J connectivity index is 1.59. The highest BCUT2D eigenvalue weighted by Crippen LogP contribution is 2.34. The summed E-state index contributed by atoms with van der Waals surface area (Å²) in [5.41, 5.74) is 3.19. The highest BCUT2D eigenvalue weighted by atomic mass is 16.5. The molecule has 0 spiro atoms. The monoisotopic (exact) mass is 396 g/mol. The zero-order valence-electron chi connectivity index (χ0n) is 16.7. The van der Waals surface area contributed by atoms with E-state index in [-0.39, 0.29) is 18.9 Å². The fraction of sp³-hybridized carbons (Fsp3) is 0.318. The van der Waals surface area contributed by atoms with E-state index in [1.807, 2.05) is 44.2 Å². The number of anilines is 2. The van der Waals surface area contributed by atoms with Gasteiger partial charge in [-0.05, 0) is 43.2 Å². The Hall–Kier alpha value is -3.35. The maximum atomic E-state index is 12.5. The van der Waals surface area contributed by atoms with Crippen LogP contribution in [0.5, 0.6) is 5.75 Å². The van der Waals surface area contributed by atoms with E-state index in [0.717, 1.165) is 11.1 Å². The number of amides is 2. The molecular weight excluding hydrogens is 372 g/mol. The highest BCUT2D eigenvalue weighted by molar-refractivity contribution is 6.01. The Bertz CT molecular complexity index is 941. The Morgan fingerprint density at radius 1 is 1.17 bits per heavy atom. The lowest BCUT2D eigenvalue weighted by atomic mass is 10.1. The molecule has 3 rings (SSSR count). The number of esters is 1. The fourth-order valence-corrected chi connectivity index (χ4v) is 3.26. The molecule has 0 unspecified atom stereocenters. The number of methoxy groups -OCH3 is 1. The molecule has 0 aromatic heterocycles. The van der Waals surface area contributed by atoms with E-state index in [0.29, 0.717) is 17.1 Å². The third kappa shape index (κ3) is 4.74. The van der Waals surface area contributed by atoms with Gasteiger partial charge in [0.25, 0.3) is 5.91 Å². The molecule has 1 fully saturated rings. The number of nitrogens with zero attached hydrogens (tertiary/aromatic N) is 1. The summed E-state index contributed by atoms with van der Waals surface area (Å²) >= 11 is 0. The number of ether oxygens (including phenoxy) is 2. The van der Waals surface area contributed by atoms with Crippen LogP contribution in [0, 0.1) is 19.8 Å². The molecule has 152 valence electrons.